The highest BCUT2D eigenvalue weighted by Crippen LogP contribution is 2.30. The first-order valence-electron chi connectivity index (χ1n) is 12.5. The van der Waals surface area contributed by atoms with Crippen LogP contribution in [0.5, 0.6) is 0 Å². The molecule has 4 aromatic rings. The quantitative estimate of drug-likeness (QED) is 0.157. The number of hydrogen-bond donors (Lipinski definition) is 4. The molecule has 12 heteroatoms. The van der Waals surface area contributed by atoms with Crippen molar-refractivity contribution in [3.63, 3.8) is 0 Å². The van der Waals surface area contributed by atoms with Crippen LogP contribution in [-0.4, -0.2) is 27.8 Å². The number of halogens is 4. The van der Waals surface area contributed by atoms with Gasteiger partial charge in [0.05, 0.1) is 11.3 Å². The Morgan fingerprint density at radius 3 is 2.37 bits per heavy atom. The fourth-order valence-electron chi connectivity index (χ4n) is 4.11. The molecule has 0 radical (unpaired) electrons. The maximum atomic E-state index is 13.5. The summed E-state index contributed by atoms with van der Waals surface area (Å²) in [6, 6.07) is 20.5. The number of anilines is 1. The van der Waals surface area contributed by atoms with Gasteiger partial charge >= 0.3 is 6.18 Å². The van der Waals surface area contributed by atoms with Crippen LogP contribution in [0.3, 0.4) is 0 Å². The number of benzene rings is 3. The summed E-state index contributed by atoms with van der Waals surface area (Å²) in [7, 11) is 0. The van der Waals surface area contributed by atoms with Crippen molar-refractivity contribution in [3.05, 3.63) is 117 Å². The molecule has 0 atom stereocenters. The van der Waals surface area contributed by atoms with Crippen LogP contribution in [0.2, 0.25) is 5.15 Å². The Hall–Kier alpha value is -4.64. The third-order valence-electron chi connectivity index (χ3n) is 6.19. The summed E-state index contributed by atoms with van der Waals surface area (Å²) < 4.78 is 40.4. The number of aromatic nitrogens is 2. The lowest BCUT2D eigenvalue weighted by molar-refractivity contribution is -0.137. The Labute approximate surface area is 238 Å². The summed E-state index contributed by atoms with van der Waals surface area (Å²) >= 11 is 6.51. The molecule has 0 aliphatic rings. The average molecular weight is 583 g/mol. The monoisotopic (exact) mass is 582 g/mol. The highest BCUT2D eigenvalue weighted by Gasteiger charge is 2.30. The van der Waals surface area contributed by atoms with E-state index in [1.807, 2.05) is 0 Å². The topological polar surface area (TPSA) is 126 Å². The van der Waals surface area contributed by atoms with Crippen molar-refractivity contribution in [2.75, 3.05) is 11.9 Å². The molecule has 5 N–H and O–H groups in total. The molecule has 0 aliphatic heterocycles. The number of rotatable bonds is 10. The van der Waals surface area contributed by atoms with E-state index in [2.05, 4.69) is 15.6 Å². The molecule has 212 valence electrons. The van der Waals surface area contributed by atoms with Gasteiger partial charge < -0.3 is 16.4 Å². The van der Waals surface area contributed by atoms with Crippen LogP contribution < -0.4 is 21.9 Å². The van der Waals surface area contributed by atoms with Crippen LogP contribution in [0.4, 0.5) is 19.0 Å². The van der Waals surface area contributed by atoms with Gasteiger partial charge in [-0.3, -0.25) is 19.6 Å². The molecule has 1 heterocycles. The lowest BCUT2D eigenvalue weighted by Crippen LogP contribution is -2.34. The summed E-state index contributed by atoms with van der Waals surface area (Å²) in [5.74, 6) is -0.659. The molecule has 0 aliphatic carbocycles. The number of nitrogen functional groups attached to an aromatic ring is 1. The SMILES string of the molecule is N=C(N)c1ccc(CNC(=O)Cn2c(-c3ccccc3)c(Cl)nc(NCCc3cccc(C(F)(F)F)c3)c2=O)cc1. The molecule has 1 amide bonds. The van der Waals surface area contributed by atoms with Crippen LogP contribution in [0, 0.1) is 5.41 Å². The van der Waals surface area contributed by atoms with Crippen molar-refractivity contribution in [3.8, 4) is 11.3 Å². The normalized spacial score (nSPS) is 11.2. The Morgan fingerprint density at radius 2 is 1.71 bits per heavy atom. The van der Waals surface area contributed by atoms with Gasteiger partial charge in [-0.15, -0.1) is 0 Å². The molecule has 0 unspecified atom stereocenters. The zero-order chi connectivity index (χ0) is 29.6. The number of amides is 1. The predicted octanol–water partition coefficient (Wildman–Crippen LogP) is 4.84. The molecule has 8 nitrogen and oxygen atoms in total. The Kier molecular flexibility index (Phi) is 9.08. The van der Waals surface area contributed by atoms with E-state index < -0.39 is 23.2 Å². The van der Waals surface area contributed by atoms with Gasteiger partial charge in [-0.25, -0.2) is 4.98 Å². The fourth-order valence-corrected chi connectivity index (χ4v) is 4.40. The highest BCUT2D eigenvalue weighted by molar-refractivity contribution is 6.32. The third kappa shape index (κ3) is 7.52. The number of nitrogens with two attached hydrogens (primary N) is 1. The number of carbonyl (C=O) groups is 1. The Morgan fingerprint density at radius 1 is 1.00 bits per heavy atom. The molecule has 4 rings (SSSR count). The van der Waals surface area contributed by atoms with E-state index in [-0.39, 0.29) is 48.6 Å². The van der Waals surface area contributed by atoms with Gasteiger partial charge in [-0.1, -0.05) is 84.4 Å². The van der Waals surface area contributed by atoms with Gasteiger partial charge in [0.2, 0.25) is 5.91 Å². The van der Waals surface area contributed by atoms with E-state index in [0.29, 0.717) is 16.7 Å². The van der Waals surface area contributed by atoms with Gasteiger partial charge in [-0.2, -0.15) is 13.2 Å². The average Bonchev–Trinajstić information content (AvgIpc) is 2.95. The van der Waals surface area contributed by atoms with Crippen molar-refractivity contribution < 1.29 is 18.0 Å². The first-order chi connectivity index (χ1) is 19.5. The molecular weight excluding hydrogens is 557 g/mol. The number of hydrogen-bond acceptors (Lipinski definition) is 5. The highest BCUT2D eigenvalue weighted by atomic mass is 35.5. The van der Waals surface area contributed by atoms with E-state index in [1.165, 1.54) is 10.6 Å². The number of nitrogens with zero attached hydrogens (tertiary/aromatic N) is 2. The van der Waals surface area contributed by atoms with Crippen molar-refractivity contribution in [2.24, 2.45) is 5.73 Å². The molecule has 1 aromatic heterocycles. The number of carbonyl (C=O) groups excluding carboxylic acids is 1. The third-order valence-corrected chi connectivity index (χ3v) is 6.45. The molecule has 3 aromatic carbocycles. The molecular formula is C29H26ClF3N6O2. The van der Waals surface area contributed by atoms with E-state index >= 15 is 0 Å². The Balaban J connectivity index is 1.54. The van der Waals surface area contributed by atoms with Crippen LogP contribution in [0.25, 0.3) is 11.3 Å². The van der Waals surface area contributed by atoms with E-state index in [4.69, 9.17) is 22.7 Å². The van der Waals surface area contributed by atoms with Crippen LogP contribution in [0.15, 0.2) is 83.7 Å². The first-order valence-corrected chi connectivity index (χ1v) is 12.9. The van der Waals surface area contributed by atoms with Crippen molar-refractivity contribution >= 4 is 29.2 Å². The van der Waals surface area contributed by atoms with Gasteiger partial charge in [0.15, 0.2) is 11.0 Å². The molecule has 0 fully saturated rings. The number of alkyl halides is 3. The summed E-state index contributed by atoms with van der Waals surface area (Å²) in [6.45, 7) is -0.0838. The van der Waals surface area contributed by atoms with Crippen LogP contribution in [0.1, 0.15) is 22.3 Å². The van der Waals surface area contributed by atoms with Crippen molar-refractivity contribution in [1.29, 1.82) is 5.41 Å². The van der Waals surface area contributed by atoms with Crippen LogP contribution >= 0.6 is 11.6 Å². The molecule has 0 spiro atoms. The van der Waals surface area contributed by atoms with Gasteiger partial charge in [0, 0.05) is 24.2 Å². The maximum absolute atomic E-state index is 13.5. The number of nitrogens with one attached hydrogen (secondary N) is 3. The largest absolute Gasteiger partial charge is 0.416 e. The molecule has 41 heavy (non-hydrogen) atoms. The van der Waals surface area contributed by atoms with Gasteiger partial charge in [0.25, 0.3) is 5.56 Å². The second-order valence-electron chi connectivity index (χ2n) is 9.12. The predicted molar refractivity (Wildman–Crippen MR) is 152 cm³/mol. The van der Waals surface area contributed by atoms with E-state index in [0.717, 1.165) is 17.7 Å². The lowest BCUT2D eigenvalue weighted by atomic mass is 10.1. The standard InChI is InChI=1S/C29H26ClF3N6O2/c30-25-24(20-6-2-1-3-7-20)39(17-23(40)37-16-19-9-11-21(12-10-19)26(34)35)28(41)27(38-25)36-14-13-18-5-4-8-22(15-18)29(31,32)33/h1-12,15H,13-14,16-17H2,(H3,34,35)(H,36,38)(H,37,40). The second kappa shape index (κ2) is 12.7. The maximum Gasteiger partial charge on any atom is 0.416 e. The molecule has 0 saturated heterocycles. The minimum atomic E-state index is -4.46. The summed E-state index contributed by atoms with van der Waals surface area (Å²) in [6.07, 6.45) is -4.27. The van der Waals surface area contributed by atoms with E-state index in [1.54, 1.807) is 60.7 Å². The summed E-state index contributed by atoms with van der Waals surface area (Å²) in [5.41, 5.74) is 6.68. The lowest BCUT2D eigenvalue weighted by Gasteiger charge is -2.17. The van der Waals surface area contributed by atoms with Gasteiger partial charge in [0.1, 0.15) is 12.4 Å². The minimum Gasteiger partial charge on any atom is -0.384 e. The zero-order valence-electron chi connectivity index (χ0n) is 21.6. The van der Waals surface area contributed by atoms with E-state index in [9.17, 15) is 22.8 Å². The van der Waals surface area contributed by atoms with Crippen molar-refractivity contribution in [1.82, 2.24) is 14.9 Å². The smallest absolute Gasteiger partial charge is 0.384 e. The molecule has 0 bridgehead atoms. The Bertz CT molecular complexity index is 1610. The first kappa shape index (κ1) is 29.3. The van der Waals surface area contributed by atoms with Crippen molar-refractivity contribution in [2.45, 2.75) is 25.7 Å². The minimum absolute atomic E-state index is 0.0232. The summed E-state index contributed by atoms with van der Waals surface area (Å²) in [4.78, 5) is 30.6. The van der Waals surface area contributed by atoms with Gasteiger partial charge in [-0.05, 0) is 23.6 Å². The molecule has 0 saturated carbocycles. The number of amidine groups is 1. The zero-order valence-corrected chi connectivity index (χ0v) is 22.4. The fraction of sp³-hybridized carbons (Fsp3) is 0.172. The second-order valence-corrected chi connectivity index (χ2v) is 9.48. The van der Waals surface area contributed by atoms with Crippen LogP contribution in [-0.2, 0) is 30.5 Å². The summed E-state index contributed by atoms with van der Waals surface area (Å²) in [5, 5.41) is 13.1.